The van der Waals surface area contributed by atoms with E-state index in [0.717, 1.165) is 31.0 Å². The number of nitrogens with one attached hydrogen (secondary N) is 2. The Morgan fingerprint density at radius 2 is 2.03 bits per heavy atom. The highest BCUT2D eigenvalue weighted by molar-refractivity contribution is 7.80. The van der Waals surface area contributed by atoms with Crippen LogP contribution in [0, 0.1) is 11.6 Å². The summed E-state index contributed by atoms with van der Waals surface area (Å²) in [5.41, 5.74) is 1.24. The second-order valence-corrected chi connectivity index (χ2v) is 8.06. The van der Waals surface area contributed by atoms with E-state index in [-0.39, 0.29) is 18.5 Å². The average Bonchev–Trinajstić information content (AvgIpc) is 3.31. The van der Waals surface area contributed by atoms with Gasteiger partial charge in [0, 0.05) is 24.2 Å². The van der Waals surface area contributed by atoms with Crippen LogP contribution in [0.5, 0.6) is 0 Å². The maximum absolute atomic E-state index is 14.4. The number of fused-ring (bicyclic) bond motifs is 1. The lowest BCUT2D eigenvalue weighted by Gasteiger charge is -2.26. The summed E-state index contributed by atoms with van der Waals surface area (Å²) < 4.78 is 44.0. The van der Waals surface area contributed by atoms with Gasteiger partial charge in [-0.2, -0.15) is 5.10 Å². The molecule has 1 aromatic carbocycles. The van der Waals surface area contributed by atoms with Gasteiger partial charge in [0.2, 0.25) is 0 Å². The van der Waals surface area contributed by atoms with Crippen LogP contribution in [0.1, 0.15) is 30.9 Å². The average molecular weight is 432 g/mol. The van der Waals surface area contributed by atoms with Crippen LogP contribution in [0.4, 0.5) is 24.7 Å². The van der Waals surface area contributed by atoms with E-state index in [2.05, 4.69) is 20.7 Å². The van der Waals surface area contributed by atoms with E-state index in [1.54, 1.807) is 27.9 Å². The minimum Gasteiger partial charge on any atom is -0.360 e. The number of hydrogen-bond acceptors (Lipinski definition) is 4. The molecule has 156 valence electrons. The molecule has 0 bridgehead atoms. The molecular weight excluding hydrogens is 413 g/mol. The lowest BCUT2D eigenvalue weighted by molar-refractivity contribution is 0.355. The van der Waals surface area contributed by atoms with Crippen LogP contribution in [0.3, 0.4) is 0 Å². The smallest absolute Gasteiger partial charge is 0.180 e. The molecule has 2 aromatic heterocycles. The summed E-state index contributed by atoms with van der Waals surface area (Å²) in [4.78, 5) is 6.29. The Morgan fingerprint density at radius 3 is 2.83 bits per heavy atom. The fourth-order valence-electron chi connectivity index (χ4n) is 3.78. The quantitative estimate of drug-likeness (QED) is 0.613. The van der Waals surface area contributed by atoms with Crippen molar-refractivity contribution in [2.45, 2.75) is 37.5 Å². The second-order valence-electron chi connectivity index (χ2n) is 7.65. The van der Waals surface area contributed by atoms with Crippen LogP contribution in [-0.2, 0) is 0 Å². The molecule has 1 saturated carbocycles. The van der Waals surface area contributed by atoms with Gasteiger partial charge in [-0.1, -0.05) is 0 Å². The summed E-state index contributed by atoms with van der Waals surface area (Å²) >= 11 is 5.32. The van der Waals surface area contributed by atoms with Crippen molar-refractivity contribution >= 4 is 34.5 Å². The molecule has 3 aromatic rings. The molecule has 1 aliphatic heterocycles. The molecular formula is C20H19F3N6S. The Balaban J connectivity index is 1.47. The number of hydrogen-bond donors (Lipinski definition) is 2. The van der Waals surface area contributed by atoms with Gasteiger partial charge in [-0.3, -0.25) is 0 Å². The molecule has 0 amide bonds. The van der Waals surface area contributed by atoms with E-state index in [4.69, 9.17) is 12.2 Å². The zero-order valence-corrected chi connectivity index (χ0v) is 16.7. The third-order valence-corrected chi connectivity index (χ3v) is 5.60. The summed E-state index contributed by atoms with van der Waals surface area (Å²) in [5, 5.41) is 11.0. The molecule has 1 saturated heterocycles. The predicted octanol–water partition coefficient (Wildman–Crippen LogP) is 3.75. The maximum atomic E-state index is 14.4. The summed E-state index contributed by atoms with van der Waals surface area (Å²) in [6.45, 7) is 0.0440. The first kappa shape index (κ1) is 19.1. The number of benzene rings is 1. The first-order chi connectivity index (χ1) is 14.5. The minimum atomic E-state index is -1.17. The third kappa shape index (κ3) is 3.67. The van der Waals surface area contributed by atoms with Gasteiger partial charge < -0.3 is 15.5 Å². The summed E-state index contributed by atoms with van der Waals surface area (Å²) in [6, 6.07) is 4.69. The van der Waals surface area contributed by atoms with Crippen LogP contribution >= 0.6 is 12.2 Å². The van der Waals surface area contributed by atoms with Gasteiger partial charge in [0.05, 0.1) is 18.8 Å². The predicted molar refractivity (Wildman–Crippen MR) is 111 cm³/mol. The van der Waals surface area contributed by atoms with E-state index < -0.39 is 23.8 Å². The molecule has 3 heterocycles. The standard InChI is InChI=1S/C20H19F3N6S/c21-11-1-4-15(23)14(7-11)17-8-12(22)10-28(17)18-5-6-29-19(27-18)16(9-24-29)26-20(30)25-13-2-3-13/h1,4-7,9,12-13,17H,2-3,8,10H2,(H2,25,26,30)/t12-,17-/m1/s1. The van der Waals surface area contributed by atoms with Gasteiger partial charge >= 0.3 is 0 Å². The number of rotatable bonds is 4. The molecule has 2 aliphatic rings. The monoisotopic (exact) mass is 432 g/mol. The summed E-state index contributed by atoms with van der Waals surface area (Å²) in [7, 11) is 0. The van der Waals surface area contributed by atoms with E-state index in [0.29, 0.717) is 28.3 Å². The SMILES string of the molecule is Fc1ccc(F)c([C@H]2C[C@@H](F)CN2c2ccn3ncc(NC(=S)NC4CC4)c3n2)c1. The number of halogens is 3. The van der Waals surface area contributed by atoms with Gasteiger partial charge in [0.15, 0.2) is 10.8 Å². The third-order valence-electron chi connectivity index (χ3n) is 5.38. The van der Waals surface area contributed by atoms with E-state index in [9.17, 15) is 13.2 Å². The number of anilines is 2. The highest BCUT2D eigenvalue weighted by atomic mass is 32.1. The first-order valence-electron chi connectivity index (χ1n) is 9.75. The first-order valence-corrected chi connectivity index (χ1v) is 10.2. The molecule has 5 rings (SSSR count). The molecule has 10 heteroatoms. The van der Waals surface area contributed by atoms with Crippen LogP contribution in [-0.4, -0.2) is 38.5 Å². The molecule has 2 atom stereocenters. The molecule has 0 unspecified atom stereocenters. The van der Waals surface area contributed by atoms with Crippen molar-refractivity contribution in [1.29, 1.82) is 0 Å². The zero-order chi connectivity index (χ0) is 20.8. The summed E-state index contributed by atoms with van der Waals surface area (Å²) in [6.07, 6.45) is 4.39. The minimum absolute atomic E-state index is 0.0440. The van der Waals surface area contributed by atoms with Crippen LogP contribution in [0.15, 0.2) is 36.7 Å². The molecule has 1 aliphatic carbocycles. The molecule has 0 spiro atoms. The summed E-state index contributed by atoms with van der Waals surface area (Å²) in [5.74, 6) is -0.665. The van der Waals surface area contributed by atoms with E-state index in [1.165, 1.54) is 0 Å². The van der Waals surface area contributed by atoms with E-state index >= 15 is 0 Å². The fourth-order valence-corrected chi connectivity index (χ4v) is 4.06. The fraction of sp³-hybridized carbons (Fsp3) is 0.350. The topological polar surface area (TPSA) is 57.5 Å². The molecule has 6 nitrogen and oxygen atoms in total. The van der Waals surface area contributed by atoms with Gasteiger partial charge in [-0.15, -0.1) is 0 Å². The van der Waals surface area contributed by atoms with Gasteiger partial charge in [-0.25, -0.2) is 22.7 Å². The number of nitrogens with zero attached hydrogens (tertiary/aromatic N) is 4. The number of thiocarbonyl (C=S) groups is 1. The van der Waals surface area contributed by atoms with Crippen LogP contribution in [0.2, 0.25) is 0 Å². The van der Waals surface area contributed by atoms with Crippen molar-refractivity contribution in [3.63, 3.8) is 0 Å². The Bertz CT molecular complexity index is 1120. The Morgan fingerprint density at radius 1 is 1.20 bits per heavy atom. The van der Waals surface area contributed by atoms with Crippen molar-refractivity contribution < 1.29 is 13.2 Å². The molecule has 2 fully saturated rings. The zero-order valence-electron chi connectivity index (χ0n) is 15.9. The molecule has 30 heavy (non-hydrogen) atoms. The lowest BCUT2D eigenvalue weighted by atomic mass is 10.0. The lowest BCUT2D eigenvalue weighted by Crippen LogP contribution is -2.30. The molecule has 0 radical (unpaired) electrons. The normalized spacial score (nSPS) is 21.2. The van der Waals surface area contributed by atoms with Gasteiger partial charge in [0.1, 0.15) is 29.3 Å². The van der Waals surface area contributed by atoms with Crippen molar-refractivity contribution in [2.24, 2.45) is 0 Å². The molecule has 2 N–H and O–H groups in total. The van der Waals surface area contributed by atoms with Crippen LogP contribution in [0.25, 0.3) is 5.65 Å². The Hall–Kier alpha value is -2.88. The van der Waals surface area contributed by atoms with Crippen molar-refractivity contribution in [1.82, 2.24) is 19.9 Å². The highest BCUT2D eigenvalue weighted by Crippen LogP contribution is 2.38. The number of aromatic nitrogens is 3. The number of alkyl halides is 1. The van der Waals surface area contributed by atoms with Crippen molar-refractivity contribution in [3.05, 3.63) is 53.9 Å². The Labute approximate surface area is 176 Å². The Kier molecular flexibility index (Phi) is 4.73. The van der Waals surface area contributed by atoms with Crippen molar-refractivity contribution in [2.75, 3.05) is 16.8 Å². The van der Waals surface area contributed by atoms with Gasteiger partial charge in [0.25, 0.3) is 0 Å². The van der Waals surface area contributed by atoms with E-state index in [1.807, 2.05) is 0 Å². The highest BCUT2D eigenvalue weighted by Gasteiger charge is 2.36. The largest absolute Gasteiger partial charge is 0.360 e. The maximum Gasteiger partial charge on any atom is 0.180 e. The van der Waals surface area contributed by atoms with Crippen molar-refractivity contribution in [3.8, 4) is 0 Å². The second kappa shape index (κ2) is 7.42. The van der Waals surface area contributed by atoms with Crippen LogP contribution < -0.4 is 15.5 Å². The van der Waals surface area contributed by atoms with Gasteiger partial charge in [-0.05, 0) is 49.3 Å².